The lowest BCUT2D eigenvalue weighted by Crippen LogP contribution is -2.39. The van der Waals surface area contributed by atoms with Crippen molar-refractivity contribution in [3.63, 3.8) is 0 Å². The fraction of sp³-hybridized carbons (Fsp3) is 0.250. The first-order valence-electron chi connectivity index (χ1n) is 7.84. The van der Waals surface area contributed by atoms with Gasteiger partial charge in [0, 0.05) is 0 Å². The van der Waals surface area contributed by atoms with Crippen LogP contribution in [-0.2, 0) is 27.5 Å². The van der Waals surface area contributed by atoms with Gasteiger partial charge in [-0.05, 0) is 23.6 Å². The zero-order chi connectivity index (χ0) is 15.9. The maximum Gasteiger partial charge on any atom is 0.186 e. The Morgan fingerprint density at radius 2 is 1.39 bits per heavy atom. The molecule has 0 bridgehead atoms. The molecule has 0 aliphatic heterocycles. The maximum absolute atomic E-state index is 12.1. The highest BCUT2D eigenvalue weighted by Gasteiger charge is 2.30. The molecular weight excluding hydrogens is 288 g/mol. The average Bonchev–Trinajstić information content (AvgIpc) is 2.61. The van der Waals surface area contributed by atoms with Crippen molar-refractivity contribution in [2.75, 3.05) is 0 Å². The van der Waals surface area contributed by atoms with Crippen molar-refractivity contribution in [1.29, 1.82) is 0 Å². The van der Waals surface area contributed by atoms with Gasteiger partial charge in [-0.1, -0.05) is 66.7 Å². The maximum atomic E-state index is 12.1. The van der Waals surface area contributed by atoms with Gasteiger partial charge in [0.15, 0.2) is 5.78 Å². The van der Waals surface area contributed by atoms with Gasteiger partial charge >= 0.3 is 0 Å². The van der Waals surface area contributed by atoms with Crippen molar-refractivity contribution in [3.05, 3.63) is 83.9 Å². The summed E-state index contributed by atoms with van der Waals surface area (Å²) in [5, 5.41) is 0. The number of hydrogen-bond donors (Lipinski definition) is 0. The molecule has 0 saturated heterocycles. The van der Waals surface area contributed by atoms with Crippen molar-refractivity contribution in [3.8, 4) is 0 Å². The summed E-state index contributed by atoms with van der Waals surface area (Å²) in [6, 6.07) is 19.8. The Labute approximate surface area is 136 Å². The number of ether oxygens (including phenoxy) is 2. The van der Waals surface area contributed by atoms with Crippen LogP contribution in [0.25, 0.3) is 0 Å². The van der Waals surface area contributed by atoms with Crippen LogP contribution in [0.15, 0.2) is 72.8 Å². The molecule has 0 N–H and O–H groups in total. The Kier molecular flexibility index (Phi) is 5.35. The summed E-state index contributed by atoms with van der Waals surface area (Å²) in [4.78, 5) is 12.1. The van der Waals surface area contributed by atoms with E-state index in [4.69, 9.17) is 9.47 Å². The van der Waals surface area contributed by atoms with Crippen LogP contribution in [0.3, 0.4) is 0 Å². The molecule has 0 spiro atoms. The van der Waals surface area contributed by atoms with Crippen LogP contribution in [0.4, 0.5) is 0 Å². The fourth-order valence-electron chi connectivity index (χ4n) is 2.60. The number of carbonyl (C=O) groups excluding carboxylic acids is 1. The molecule has 3 nitrogen and oxygen atoms in total. The van der Waals surface area contributed by atoms with Crippen LogP contribution in [-0.4, -0.2) is 18.0 Å². The van der Waals surface area contributed by atoms with Crippen molar-refractivity contribution in [2.24, 2.45) is 0 Å². The summed E-state index contributed by atoms with van der Waals surface area (Å²) in [6.07, 6.45) is 3.37. The predicted octanol–water partition coefficient (Wildman–Crippen LogP) is 3.69. The third kappa shape index (κ3) is 4.38. The minimum atomic E-state index is -0.538. The highest BCUT2D eigenvalue weighted by atomic mass is 16.5. The van der Waals surface area contributed by atoms with Gasteiger partial charge in [-0.2, -0.15) is 0 Å². The van der Waals surface area contributed by atoms with E-state index in [9.17, 15) is 4.79 Å². The Bertz CT molecular complexity index is 649. The molecule has 1 aliphatic carbocycles. The van der Waals surface area contributed by atoms with Crippen LogP contribution in [0.5, 0.6) is 0 Å². The van der Waals surface area contributed by atoms with Gasteiger partial charge in [-0.25, -0.2) is 0 Å². The molecule has 2 aromatic carbocycles. The van der Waals surface area contributed by atoms with Crippen LogP contribution in [0.1, 0.15) is 17.5 Å². The van der Waals surface area contributed by atoms with E-state index >= 15 is 0 Å². The standard InChI is InChI=1S/C20H20O3/c21-18-12-7-13-19(22-14-16-8-3-1-4-9-16)20(18)23-15-17-10-5-2-6-11-17/h1-12,19-20H,13-15H2/t19-,20-/m1/s1. The third-order valence-electron chi connectivity index (χ3n) is 3.85. The summed E-state index contributed by atoms with van der Waals surface area (Å²) >= 11 is 0. The monoisotopic (exact) mass is 308 g/mol. The lowest BCUT2D eigenvalue weighted by atomic mass is 9.99. The zero-order valence-corrected chi connectivity index (χ0v) is 12.9. The first-order chi connectivity index (χ1) is 11.3. The van der Waals surface area contributed by atoms with Crippen molar-refractivity contribution >= 4 is 5.78 Å². The number of ketones is 1. The summed E-state index contributed by atoms with van der Waals surface area (Å²) < 4.78 is 11.8. The van der Waals surface area contributed by atoms with Gasteiger partial charge in [0.1, 0.15) is 6.10 Å². The Morgan fingerprint density at radius 3 is 2.00 bits per heavy atom. The molecule has 3 heteroatoms. The smallest absolute Gasteiger partial charge is 0.186 e. The predicted molar refractivity (Wildman–Crippen MR) is 88.8 cm³/mol. The molecule has 118 valence electrons. The number of rotatable bonds is 6. The van der Waals surface area contributed by atoms with E-state index in [1.165, 1.54) is 0 Å². The Balaban J connectivity index is 1.60. The number of carbonyl (C=O) groups is 1. The largest absolute Gasteiger partial charge is 0.370 e. The second-order valence-electron chi connectivity index (χ2n) is 5.59. The molecule has 0 unspecified atom stereocenters. The first-order valence-corrected chi connectivity index (χ1v) is 7.84. The normalized spacial score (nSPS) is 20.6. The molecule has 0 saturated carbocycles. The van der Waals surface area contributed by atoms with Crippen molar-refractivity contribution in [1.82, 2.24) is 0 Å². The van der Waals surface area contributed by atoms with E-state index in [-0.39, 0.29) is 11.9 Å². The molecular formula is C20H20O3. The van der Waals surface area contributed by atoms with E-state index < -0.39 is 6.10 Å². The molecule has 2 aromatic rings. The molecule has 0 aromatic heterocycles. The quantitative estimate of drug-likeness (QED) is 0.816. The minimum absolute atomic E-state index is 0.0229. The minimum Gasteiger partial charge on any atom is -0.370 e. The molecule has 0 fully saturated rings. The Morgan fingerprint density at radius 1 is 0.826 bits per heavy atom. The zero-order valence-electron chi connectivity index (χ0n) is 12.9. The van der Waals surface area contributed by atoms with Crippen LogP contribution >= 0.6 is 0 Å². The second-order valence-corrected chi connectivity index (χ2v) is 5.59. The summed E-state index contributed by atoms with van der Waals surface area (Å²) in [7, 11) is 0. The molecule has 23 heavy (non-hydrogen) atoms. The van der Waals surface area contributed by atoms with Crippen LogP contribution in [0.2, 0.25) is 0 Å². The summed E-state index contributed by atoms with van der Waals surface area (Å²) in [6.45, 7) is 0.897. The molecule has 0 radical (unpaired) electrons. The summed E-state index contributed by atoms with van der Waals surface area (Å²) in [5.41, 5.74) is 2.15. The van der Waals surface area contributed by atoms with Gasteiger partial charge in [0.25, 0.3) is 0 Å². The van der Waals surface area contributed by atoms with Crippen LogP contribution in [0, 0.1) is 0 Å². The van der Waals surface area contributed by atoms with Gasteiger partial charge in [0.05, 0.1) is 19.3 Å². The third-order valence-corrected chi connectivity index (χ3v) is 3.85. The van der Waals surface area contributed by atoms with Gasteiger partial charge in [-0.3, -0.25) is 4.79 Å². The molecule has 2 atom stereocenters. The van der Waals surface area contributed by atoms with Crippen molar-refractivity contribution < 1.29 is 14.3 Å². The van der Waals surface area contributed by atoms with Crippen molar-refractivity contribution in [2.45, 2.75) is 31.8 Å². The lowest BCUT2D eigenvalue weighted by Gasteiger charge is -2.27. The summed E-state index contributed by atoms with van der Waals surface area (Å²) in [5.74, 6) is -0.0229. The number of hydrogen-bond acceptors (Lipinski definition) is 3. The van der Waals surface area contributed by atoms with Gasteiger partial charge in [-0.15, -0.1) is 0 Å². The number of benzene rings is 2. The van der Waals surface area contributed by atoms with Gasteiger partial charge in [0.2, 0.25) is 0 Å². The highest BCUT2D eigenvalue weighted by molar-refractivity contribution is 5.94. The second kappa shape index (κ2) is 7.86. The fourth-order valence-corrected chi connectivity index (χ4v) is 2.60. The topological polar surface area (TPSA) is 35.5 Å². The molecule has 0 heterocycles. The van der Waals surface area contributed by atoms with Crippen LogP contribution < -0.4 is 0 Å². The Hall–Kier alpha value is -2.23. The van der Waals surface area contributed by atoms with E-state index in [2.05, 4.69) is 0 Å². The average molecular weight is 308 g/mol. The highest BCUT2D eigenvalue weighted by Crippen LogP contribution is 2.19. The van der Waals surface area contributed by atoms with E-state index in [0.29, 0.717) is 19.6 Å². The van der Waals surface area contributed by atoms with E-state index in [1.807, 2.05) is 66.7 Å². The molecule has 1 aliphatic rings. The first kappa shape index (κ1) is 15.7. The SMILES string of the molecule is O=C1C=CC[C@@H](OCc2ccccc2)[C@@H]1OCc1ccccc1. The van der Waals surface area contributed by atoms with E-state index in [0.717, 1.165) is 11.1 Å². The van der Waals surface area contributed by atoms with E-state index in [1.54, 1.807) is 6.08 Å². The van der Waals surface area contributed by atoms with Gasteiger partial charge < -0.3 is 9.47 Å². The molecule has 3 rings (SSSR count). The lowest BCUT2D eigenvalue weighted by molar-refractivity contribution is -0.141. The molecule has 0 amide bonds.